The van der Waals surface area contributed by atoms with Crippen molar-refractivity contribution in [3.63, 3.8) is 0 Å². The third kappa shape index (κ3) is 2.84. The van der Waals surface area contributed by atoms with E-state index in [4.69, 9.17) is 5.73 Å². The minimum absolute atomic E-state index is 0.240. The molecule has 6 heteroatoms. The lowest BCUT2D eigenvalue weighted by Gasteiger charge is -2.32. The molecule has 1 unspecified atom stereocenters. The van der Waals surface area contributed by atoms with Gasteiger partial charge in [-0.3, -0.25) is 4.79 Å². The number of carbonyl (C=O) groups is 2. The van der Waals surface area contributed by atoms with Gasteiger partial charge in [-0.15, -0.1) is 0 Å². The maximum absolute atomic E-state index is 12.4. The molecule has 0 radical (unpaired) electrons. The topological polar surface area (TPSA) is 83.6 Å². The molecule has 1 aliphatic rings. The summed E-state index contributed by atoms with van der Waals surface area (Å²) < 4.78 is 0. The molecule has 0 spiro atoms. The van der Waals surface area contributed by atoms with Crippen molar-refractivity contribution in [1.29, 1.82) is 0 Å². The average Bonchev–Trinajstić information content (AvgIpc) is 2.41. The lowest BCUT2D eigenvalue weighted by atomic mass is 10.1. The van der Waals surface area contributed by atoms with Crippen LogP contribution in [0.1, 0.15) is 15.9 Å². The monoisotopic (exact) mass is 280 g/mol. The van der Waals surface area contributed by atoms with Crippen molar-refractivity contribution in [3.05, 3.63) is 29.3 Å². The van der Waals surface area contributed by atoms with E-state index in [-0.39, 0.29) is 5.91 Å². The van der Waals surface area contributed by atoms with Crippen LogP contribution in [0.3, 0.4) is 0 Å². The van der Waals surface area contributed by atoms with Crippen molar-refractivity contribution in [2.75, 3.05) is 23.8 Å². The Hall–Kier alpha value is -1.69. The predicted molar refractivity (Wildman–Crippen MR) is 75.4 cm³/mol. The van der Waals surface area contributed by atoms with Crippen LogP contribution in [0.15, 0.2) is 18.2 Å². The third-order valence-electron chi connectivity index (χ3n) is 3.19. The lowest BCUT2D eigenvalue weighted by Crippen LogP contribution is -2.50. The maximum atomic E-state index is 12.4. The highest BCUT2D eigenvalue weighted by Crippen LogP contribution is 2.21. The molecule has 1 saturated heterocycles. The van der Waals surface area contributed by atoms with Crippen LogP contribution in [0.4, 0.5) is 5.69 Å². The second kappa shape index (κ2) is 5.52. The molecule has 0 saturated carbocycles. The van der Waals surface area contributed by atoms with E-state index in [1.54, 1.807) is 30.0 Å². The molecule has 2 rings (SSSR count). The van der Waals surface area contributed by atoms with Crippen molar-refractivity contribution in [3.8, 4) is 0 Å². The van der Waals surface area contributed by atoms with E-state index in [0.717, 1.165) is 11.3 Å². The van der Waals surface area contributed by atoms with Crippen LogP contribution in [-0.2, 0) is 4.79 Å². The van der Waals surface area contributed by atoms with Gasteiger partial charge in [-0.1, -0.05) is 0 Å². The Morgan fingerprint density at radius 2 is 2.21 bits per heavy atom. The molecule has 1 amide bonds. The van der Waals surface area contributed by atoms with Gasteiger partial charge in [0.1, 0.15) is 6.04 Å². The van der Waals surface area contributed by atoms with E-state index in [1.807, 2.05) is 6.92 Å². The average molecular weight is 280 g/mol. The molecular formula is C13H16N2O3S. The molecule has 1 fully saturated rings. The lowest BCUT2D eigenvalue weighted by molar-refractivity contribution is -0.141. The van der Waals surface area contributed by atoms with E-state index in [9.17, 15) is 14.7 Å². The summed E-state index contributed by atoms with van der Waals surface area (Å²) in [6, 6.07) is 4.28. The summed E-state index contributed by atoms with van der Waals surface area (Å²) in [5, 5.41) is 9.18. The smallest absolute Gasteiger partial charge is 0.327 e. The van der Waals surface area contributed by atoms with Gasteiger partial charge in [-0.05, 0) is 30.7 Å². The number of nitrogen functional groups attached to an aromatic ring is 1. The summed E-state index contributed by atoms with van der Waals surface area (Å²) >= 11 is 1.56. The SMILES string of the molecule is Cc1cc(C(=O)N2CCSCC2C(=O)O)ccc1N. The number of carboxylic acid groups (broad SMARTS) is 1. The molecule has 3 N–H and O–H groups in total. The van der Waals surface area contributed by atoms with Gasteiger partial charge in [0, 0.05) is 29.3 Å². The van der Waals surface area contributed by atoms with E-state index in [0.29, 0.717) is 23.5 Å². The first-order valence-corrected chi connectivity index (χ1v) is 7.14. The first-order valence-electron chi connectivity index (χ1n) is 5.98. The van der Waals surface area contributed by atoms with E-state index in [2.05, 4.69) is 0 Å². The van der Waals surface area contributed by atoms with Crippen LogP contribution in [0, 0.1) is 6.92 Å². The number of hydrogen-bond acceptors (Lipinski definition) is 4. The summed E-state index contributed by atoms with van der Waals surface area (Å²) in [6.07, 6.45) is 0. The number of carbonyl (C=O) groups excluding carboxylic acids is 1. The molecule has 1 aliphatic heterocycles. The summed E-state index contributed by atoms with van der Waals surface area (Å²) in [7, 11) is 0. The minimum Gasteiger partial charge on any atom is -0.480 e. The highest BCUT2D eigenvalue weighted by Gasteiger charge is 2.32. The Kier molecular flexibility index (Phi) is 3.99. The first-order chi connectivity index (χ1) is 9.00. The number of thioether (sulfide) groups is 1. The Balaban J connectivity index is 2.26. The number of nitrogens with two attached hydrogens (primary N) is 1. The highest BCUT2D eigenvalue weighted by atomic mass is 32.2. The molecule has 1 aromatic carbocycles. The summed E-state index contributed by atoms with van der Waals surface area (Å²) in [5.74, 6) is 0.0157. The van der Waals surface area contributed by atoms with E-state index >= 15 is 0 Å². The molecule has 1 atom stereocenters. The van der Waals surface area contributed by atoms with E-state index in [1.165, 1.54) is 4.90 Å². The Morgan fingerprint density at radius 1 is 1.47 bits per heavy atom. The number of nitrogens with zero attached hydrogens (tertiary/aromatic N) is 1. The van der Waals surface area contributed by atoms with Crippen LogP contribution < -0.4 is 5.73 Å². The molecule has 0 aromatic heterocycles. The summed E-state index contributed by atoms with van der Waals surface area (Å²) in [4.78, 5) is 25.0. The molecule has 102 valence electrons. The highest BCUT2D eigenvalue weighted by molar-refractivity contribution is 7.99. The summed E-state index contributed by atoms with van der Waals surface area (Å²) in [5.41, 5.74) is 7.66. The zero-order chi connectivity index (χ0) is 14.0. The Bertz CT molecular complexity index is 519. The second-order valence-electron chi connectivity index (χ2n) is 4.50. The fraction of sp³-hybridized carbons (Fsp3) is 0.385. The second-order valence-corrected chi connectivity index (χ2v) is 5.65. The summed E-state index contributed by atoms with van der Waals surface area (Å²) in [6.45, 7) is 2.29. The van der Waals surface area contributed by atoms with Crippen molar-refractivity contribution in [1.82, 2.24) is 4.90 Å². The fourth-order valence-corrected chi connectivity index (χ4v) is 3.06. The zero-order valence-corrected chi connectivity index (χ0v) is 11.4. The van der Waals surface area contributed by atoms with Crippen molar-refractivity contribution < 1.29 is 14.7 Å². The largest absolute Gasteiger partial charge is 0.480 e. The molecular weight excluding hydrogens is 264 g/mol. The predicted octanol–water partition coefficient (Wildman–Crippen LogP) is 1.22. The number of amides is 1. The normalized spacial score (nSPS) is 19.2. The quantitative estimate of drug-likeness (QED) is 0.796. The van der Waals surface area contributed by atoms with E-state index < -0.39 is 12.0 Å². The third-order valence-corrected chi connectivity index (χ3v) is 4.21. The zero-order valence-electron chi connectivity index (χ0n) is 10.6. The number of rotatable bonds is 2. The van der Waals surface area contributed by atoms with Crippen LogP contribution in [0.5, 0.6) is 0 Å². The number of aliphatic carboxylic acids is 1. The van der Waals surface area contributed by atoms with Crippen LogP contribution >= 0.6 is 11.8 Å². The van der Waals surface area contributed by atoms with Gasteiger partial charge in [0.2, 0.25) is 0 Å². The molecule has 19 heavy (non-hydrogen) atoms. The van der Waals surface area contributed by atoms with Crippen LogP contribution in [0.2, 0.25) is 0 Å². The van der Waals surface area contributed by atoms with Crippen molar-refractivity contribution >= 4 is 29.3 Å². The van der Waals surface area contributed by atoms with Crippen LogP contribution in [-0.4, -0.2) is 46.0 Å². The number of benzene rings is 1. The van der Waals surface area contributed by atoms with Gasteiger partial charge in [-0.25, -0.2) is 4.79 Å². The van der Waals surface area contributed by atoms with Crippen molar-refractivity contribution in [2.45, 2.75) is 13.0 Å². The van der Waals surface area contributed by atoms with Gasteiger partial charge >= 0.3 is 5.97 Å². The molecule has 1 heterocycles. The molecule has 0 bridgehead atoms. The van der Waals surface area contributed by atoms with Gasteiger partial charge in [0.15, 0.2) is 0 Å². The minimum atomic E-state index is -0.951. The van der Waals surface area contributed by atoms with Gasteiger partial charge in [0.25, 0.3) is 5.91 Å². The molecule has 0 aliphatic carbocycles. The maximum Gasteiger partial charge on any atom is 0.327 e. The first kappa shape index (κ1) is 13.7. The van der Waals surface area contributed by atoms with Gasteiger partial charge in [-0.2, -0.15) is 11.8 Å². The Morgan fingerprint density at radius 3 is 2.84 bits per heavy atom. The van der Waals surface area contributed by atoms with Gasteiger partial charge in [0.05, 0.1) is 0 Å². The molecule has 1 aromatic rings. The van der Waals surface area contributed by atoms with Crippen LogP contribution in [0.25, 0.3) is 0 Å². The molecule has 5 nitrogen and oxygen atoms in total. The number of anilines is 1. The van der Waals surface area contributed by atoms with Gasteiger partial charge < -0.3 is 15.7 Å². The standard InChI is InChI=1S/C13H16N2O3S/c1-8-6-9(2-3-10(8)14)12(16)15-4-5-19-7-11(15)13(17)18/h2-3,6,11H,4-5,7,14H2,1H3,(H,17,18). The number of carboxylic acids is 1. The van der Waals surface area contributed by atoms with Crippen molar-refractivity contribution in [2.24, 2.45) is 0 Å². The Labute approximate surface area is 115 Å². The number of hydrogen-bond donors (Lipinski definition) is 2. The fourth-order valence-electron chi connectivity index (χ4n) is 2.03. The number of aryl methyl sites for hydroxylation is 1.